The van der Waals surface area contributed by atoms with Crippen molar-refractivity contribution in [3.63, 3.8) is 0 Å². The molecule has 1 unspecified atom stereocenters. The standard InChI is InChI=1S/C16H35N.C6H15N/c1-2-3-4-5-6-7-8-9-10-11-12-13-14-15-16-17;1-4-6(3)7-5-2/h2-17H2,1H3;6-7H,4-5H2,1-3H3. The molecule has 0 aromatic carbocycles. The van der Waals surface area contributed by atoms with Crippen LogP contribution in [0.3, 0.4) is 0 Å². The maximum Gasteiger partial charge on any atom is 0.00359 e. The molecule has 0 amide bonds. The third-order valence-corrected chi connectivity index (χ3v) is 4.72. The van der Waals surface area contributed by atoms with Crippen LogP contribution < -0.4 is 11.1 Å². The summed E-state index contributed by atoms with van der Waals surface area (Å²) < 4.78 is 0. The normalized spacial score (nSPS) is 11.9. The second kappa shape index (κ2) is 25.2. The summed E-state index contributed by atoms with van der Waals surface area (Å²) >= 11 is 0. The van der Waals surface area contributed by atoms with E-state index in [0.29, 0.717) is 6.04 Å². The Hall–Kier alpha value is -0.0800. The summed E-state index contributed by atoms with van der Waals surface area (Å²) in [5.41, 5.74) is 5.47. The SMILES string of the molecule is CCCCCCCCCCCCCCCCN.CCNC(C)CC. The molecule has 2 nitrogen and oxygen atoms in total. The van der Waals surface area contributed by atoms with Crippen molar-refractivity contribution >= 4 is 0 Å². The third kappa shape index (κ3) is 26.8. The van der Waals surface area contributed by atoms with Gasteiger partial charge >= 0.3 is 0 Å². The lowest BCUT2D eigenvalue weighted by atomic mass is 10.0. The molecule has 0 radical (unpaired) electrons. The van der Waals surface area contributed by atoms with Crippen molar-refractivity contribution < 1.29 is 0 Å². The molecule has 0 rings (SSSR count). The van der Waals surface area contributed by atoms with E-state index in [0.717, 1.165) is 13.1 Å². The van der Waals surface area contributed by atoms with Crippen LogP contribution in [-0.4, -0.2) is 19.1 Å². The van der Waals surface area contributed by atoms with Crippen LogP contribution >= 0.6 is 0 Å². The van der Waals surface area contributed by atoms with Gasteiger partial charge in [0, 0.05) is 6.04 Å². The van der Waals surface area contributed by atoms with Crippen LogP contribution in [0.5, 0.6) is 0 Å². The fraction of sp³-hybridized carbons (Fsp3) is 1.00. The van der Waals surface area contributed by atoms with Gasteiger partial charge in [0.15, 0.2) is 0 Å². The Labute approximate surface area is 154 Å². The van der Waals surface area contributed by atoms with Gasteiger partial charge in [-0.25, -0.2) is 0 Å². The van der Waals surface area contributed by atoms with Crippen molar-refractivity contribution in [2.24, 2.45) is 5.73 Å². The summed E-state index contributed by atoms with van der Waals surface area (Å²) in [6, 6.07) is 0.699. The summed E-state index contributed by atoms with van der Waals surface area (Å²) in [4.78, 5) is 0. The Balaban J connectivity index is 0. The van der Waals surface area contributed by atoms with Crippen LogP contribution in [0.25, 0.3) is 0 Å². The quantitative estimate of drug-likeness (QED) is 0.285. The van der Waals surface area contributed by atoms with Crippen LogP contribution in [0.15, 0.2) is 0 Å². The molecule has 0 aliphatic heterocycles. The summed E-state index contributed by atoms with van der Waals surface area (Å²) in [5.74, 6) is 0. The average molecular weight is 343 g/mol. The molecule has 0 bridgehead atoms. The zero-order chi connectivity index (χ0) is 18.3. The highest BCUT2D eigenvalue weighted by atomic mass is 14.9. The van der Waals surface area contributed by atoms with Crippen LogP contribution in [0.2, 0.25) is 0 Å². The number of hydrogen-bond acceptors (Lipinski definition) is 2. The second-order valence-electron chi connectivity index (χ2n) is 7.25. The lowest BCUT2D eigenvalue weighted by molar-refractivity contribution is 0.536. The first-order chi connectivity index (χ1) is 11.7. The zero-order valence-electron chi connectivity index (χ0n) is 17.7. The van der Waals surface area contributed by atoms with E-state index in [1.165, 1.54) is 96.3 Å². The molecule has 0 spiro atoms. The number of hydrogen-bond donors (Lipinski definition) is 2. The average Bonchev–Trinajstić information content (AvgIpc) is 2.60. The number of rotatable bonds is 17. The fourth-order valence-corrected chi connectivity index (χ4v) is 2.83. The van der Waals surface area contributed by atoms with E-state index in [1.54, 1.807) is 0 Å². The van der Waals surface area contributed by atoms with Gasteiger partial charge in [-0.05, 0) is 32.9 Å². The van der Waals surface area contributed by atoms with Gasteiger partial charge in [-0.2, -0.15) is 0 Å². The molecule has 0 aromatic heterocycles. The Bertz CT molecular complexity index is 180. The van der Waals surface area contributed by atoms with Gasteiger partial charge in [0.2, 0.25) is 0 Å². The van der Waals surface area contributed by atoms with Crippen LogP contribution in [0.1, 0.15) is 124 Å². The molecule has 3 N–H and O–H groups in total. The number of nitrogens with two attached hydrogens (primary N) is 1. The van der Waals surface area contributed by atoms with Crippen molar-refractivity contribution in [1.29, 1.82) is 0 Å². The monoisotopic (exact) mass is 342 g/mol. The van der Waals surface area contributed by atoms with Gasteiger partial charge in [-0.3, -0.25) is 0 Å². The molecule has 1 atom stereocenters. The molecule has 24 heavy (non-hydrogen) atoms. The predicted molar refractivity (Wildman–Crippen MR) is 113 cm³/mol. The summed E-state index contributed by atoms with van der Waals surface area (Å²) in [7, 11) is 0. The van der Waals surface area contributed by atoms with Crippen LogP contribution in [0, 0.1) is 0 Å². The minimum atomic E-state index is 0.699. The highest BCUT2D eigenvalue weighted by Gasteiger charge is 1.93. The van der Waals surface area contributed by atoms with E-state index < -0.39 is 0 Å². The highest BCUT2D eigenvalue weighted by Crippen LogP contribution is 2.12. The van der Waals surface area contributed by atoms with Crippen molar-refractivity contribution in [2.45, 2.75) is 130 Å². The van der Waals surface area contributed by atoms with E-state index in [2.05, 4.69) is 33.0 Å². The van der Waals surface area contributed by atoms with Gasteiger partial charge in [0.05, 0.1) is 0 Å². The number of nitrogens with one attached hydrogen (secondary N) is 1. The summed E-state index contributed by atoms with van der Waals surface area (Å²) in [5, 5.41) is 3.30. The Kier molecular flexibility index (Phi) is 27.4. The van der Waals surface area contributed by atoms with Gasteiger partial charge in [-0.15, -0.1) is 0 Å². The largest absolute Gasteiger partial charge is 0.330 e. The molecule has 0 aromatic rings. The summed E-state index contributed by atoms with van der Waals surface area (Å²) in [6.07, 6.45) is 21.1. The van der Waals surface area contributed by atoms with Gasteiger partial charge < -0.3 is 11.1 Å². The van der Waals surface area contributed by atoms with E-state index in [-0.39, 0.29) is 0 Å². The fourth-order valence-electron chi connectivity index (χ4n) is 2.83. The molecular weight excluding hydrogens is 292 g/mol. The van der Waals surface area contributed by atoms with E-state index in [4.69, 9.17) is 5.73 Å². The zero-order valence-corrected chi connectivity index (χ0v) is 17.7. The van der Waals surface area contributed by atoms with Crippen molar-refractivity contribution in [3.8, 4) is 0 Å². The maximum atomic E-state index is 5.47. The molecule has 0 aliphatic carbocycles. The van der Waals surface area contributed by atoms with Crippen molar-refractivity contribution in [2.75, 3.05) is 13.1 Å². The van der Waals surface area contributed by atoms with Crippen molar-refractivity contribution in [3.05, 3.63) is 0 Å². The molecule has 148 valence electrons. The number of unbranched alkanes of at least 4 members (excludes halogenated alkanes) is 13. The summed E-state index contributed by atoms with van der Waals surface area (Å²) in [6.45, 7) is 10.8. The first-order valence-corrected chi connectivity index (χ1v) is 11.2. The second-order valence-corrected chi connectivity index (χ2v) is 7.25. The maximum absolute atomic E-state index is 5.47. The van der Waals surface area contributed by atoms with Gasteiger partial charge in [0.25, 0.3) is 0 Å². The molecule has 0 aliphatic rings. The van der Waals surface area contributed by atoms with Gasteiger partial charge in [-0.1, -0.05) is 104 Å². The lowest BCUT2D eigenvalue weighted by Crippen LogP contribution is -2.24. The molecule has 2 heteroatoms. The van der Waals surface area contributed by atoms with Gasteiger partial charge in [0.1, 0.15) is 0 Å². The van der Waals surface area contributed by atoms with E-state index in [9.17, 15) is 0 Å². The Morgan fingerprint density at radius 1 is 0.625 bits per heavy atom. The van der Waals surface area contributed by atoms with E-state index >= 15 is 0 Å². The van der Waals surface area contributed by atoms with Crippen LogP contribution in [-0.2, 0) is 0 Å². The minimum absolute atomic E-state index is 0.699. The first kappa shape index (κ1) is 26.2. The smallest absolute Gasteiger partial charge is 0.00359 e. The molecule has 0 saturated carbocycles. The Morgan fingerprint density at radius 2 is 1.00 bits per heavy atom. The third-order valence-electron chi connectivity index (χ3n) is 4.72. The minimum Gasteiger partial charge on any atom is -0.330 e. The van der Waals surface area contributed by atoms with Crippen molar-refractivity contribution in [1.82, 2.24) is 5.32 Å². The van der Waals surface area contributed by atoms with E-state index in [1.807, 2.05) is 0 Å². The molecule has 0 saturated heterocycles. The molecule has 0 fully saturated rings. The predicted octanol–water partition coefficient (Wildman–Crippen LogP) is 6.82. The topological polar surface area (TPSA) is 38.0 Å². The first-order valence-electron chi connectivity index (χ1n) is 11.2. The highest BCUT2D eigenvalue weighted by molar-refractivity contribution is 4.53. The van der Waals surface area contributed by atoms with Crippen LogP contribution in [0.4, 0.5) is 0 Å². The Morgan fingerprint density at radius 3 is 1.25 bits per heavy atom. The lowest BCUT2D eigenvalue weighted by Gasteiger charge is -2.06. The molecular formula is C22H50N2. The molecule has 0 heterocycles.